The van der Waals surface area contributed by atoms with Crippen LogP contribution in [0.2, 0.25) is 0 Å². The second kappa shape index (κ2) is 4.56. The summed E-state index contributed by atoms with van der Waals surface area (Å²) in [5, 5.41) is 0. The molecular weight excluding hydrogens is 255 g/mol. The maximum Gasteiger partial charge on any atom is 0.416 e. The van der Waals surface area contributed by atoms with E-state index in [0.717, 1.165) is 18.2 Å². The number of hydrogen-bond acceptors (Lipinski definition) is 3. The van der Waals surface area contributed by atoms with Crippen LogP contribution in [-0.2, 0) is 21.8 Å². The van der Waals surface area contributed by atoms with Crippen LogP contribution in [0.3, 0.4) is 0 Å². The molecule has 0 aliphatic rings. The number of nitrogen functional groups attached to an aromatic ring is 1. The van der Waals surface area contributed by atoms with Gasteiger partial charge in [0.1, 0.15) is 0 Å². The lowest BCUT2D eigenvalue weighted by Gasteiger charge is -2.10. The van der Waals surface area contributed by atoms with Crippen LogP contribution in [0.15, 0.2) is 18.2 Å². The van der Waals surface area contributed by atoms with Crippen molar-refractivity contribution in [3.63, 3.8) is 0 Å². The van der Waals surface area contributed by atoms with Crippen LogP contribution in [0.5, 0.6) is 0 Å². The Balaban J connectivity index is 3.07. The predicted molar refractivity (Wildman–Crippen MR) is 59.0 cm³/mol. The molecular formula is C10H12F3NO2S. The van der Waals surface area contributed by atoms with Gasteiger partial charge in [-0.05, 0) is 17.7 Å². The molecule has 7 heteroatoms. The Hall–Kier alpha value is -1.24. The summed E-state index contributed by atoms with van der Waals surface area (Å²) in [4.78, 5) is 0. The van der Waals surface area contributed by atoms with Crippen molar-refractivity contribution in [1.82, 2.24) is 0 Å². The van der Waals surface area contributed by atoms with Gasteiger partial charge in [-0.15, -0.1) is 0 Å². The third kappa shape index (κ3) is 3.62. The summed E-state index contributed by atoms with van der Waals surface area (Å²) in [6.07, 6.45) is -4.48. The summed E-state index contributed by atoms with van der Waals surface area (Å²) in [5.41, 5.74) is 4.57. The van der Waals surface area contributed by atoms with Gasteiger partial charge in [0.2, 0.25) is 0 Å². The summed E-state index contributed by atoms with van der Waals surface area (Å²) in [5.74, 6) is -0.416. The molecule has 0 saturated heterocycles. The minimum Gasteiger partial charge on any atom is -0.398 e. The summed E-state index contributed by atoms with van der Waals surface area (Å²) in [6.45, 7) is 1.47. The van der Waals surface area contributed by atoms with E-state index in [1.807, 2.05) is 0 Å². The Bertz CT molecular complexity index is 509. The predicted octanol–water partition coefficient (Wildman–Crippen LogP) is 2.22. The van der Waals surface area contributed by atoms with Gasteiger partial charge >= 0.3 is 6.18 Å². The summed E-state index contributed by atoms with van der Waals surface area (Å²) < 4.78 is 59.6. The van der Waals surface area contributed by atoms with E-state index in [-0.39, 0.29) is 22.8 Å². The van der Waals surface area contributed by atoms with Crippen molar-refractivity contribution in [3.8, 4) is 0 Å². The third-order valence-electron chi connectivity index (χ3n) is 2.29. The molecule has 0 atom stereocenters. The van der Waals surface area contributed by atoms with Crippen molar-refractivity contribution in [2.75, 3.05) is 11.5 Å². The number of nitrogens with two attached hydrogens (primary N) is 1. The van der Waals surface area contributed by atoms with Crippen molar-refractivity contribution in [1.29, 1.82) is 0 Å². The molecule has 0 aromatic heterocycles. The third-order valence-corrected chi connectivity index (χ3v) is 3.92. The van der Waals surface area contributed by atoms with Crippen molar-refractivity contribution < 1.29 is 21.6 Å². The Labute approximate surface area is 97.4 Å². The minimum absolute atomic E-state index is 0.0759. The number of rotatable bonds is 3. The average Bonchev–Trinajstić information content (AvgIpc) is 2.19. The molecule has 3 nitrogen and oxygen atoms in total. The van der Waals surface area contributed by atoms with Crippen LogP contribution in [0.1, 0.15) is 18.1 Å². The molecule has 0 spiro atoms. The Morgan fingerprint density at radius 2 is 1.88 bits per heavy atom. The van der Waals surface area contributed by atoms with Gasteiger partial charge in [0.25, 0.3) is 0 Å². The van der Waals surface area contributed by atoms with Gasteiger partial charge in [0.05, 0.1) is 11.3 Å². The van der Waals surface area contributed by atoms with E-state index in [9.17, 15) is 21.6 Å². The molecule has 1 aromatic carbocycles. The van der Waals surface area contributed by atoms with E-state index in [1.54, 1.807) is 0 Å². The lowest BCUT2D eigenvalue weighted by atomic mass is 10.1. The lowest BCUT2D eigenvalue weighted by Crippen LogP contribution is -2.10. The highest BCUT2D eigenvalue weighted by Gasteiger charge is 2.30. The standard InChI is InChI=1S/C10H12F3NO2S/c1-2-17(15,16)6-7-3-4-8(5-9(7)14)10(11,12)13/h3-5H,2,6,14H2,1H3. The Morgan fingerprint density at radius 1 is 1.29 bits per heavy atom. The van der Waals surface area contributed by atoms with Crippen molar-refractivity contribution in [3.05, 3.63) is 29.3 Å². The van der Waals surface area contributed by atoms with Gasteiger partial charge in [-0.3, -0.25) is 0 Å². The van der Waals surface area contributed by atoms with Crippen LogP contribution in [0, 0.1) is 0 Å². The average molecular weight is 267 g/mol. The monoisotopic (exact) mass is 267 g/mol. The highest BCUT2D eigenvalue weighted by atomic mass is 32.2. The number of hydrogen-bond donors (Lipinski definition) is 1. The zero-order valence-electron chi connectivity index (χ0n) is 9.08. The topological polar surface area (TPSA) is 60.2 Å². The zero-order valence-corrected chi connectivity index (χ0v) is 9.90. The maximum absolute atomic E-state index is 12.3. The fraction of sp³-hybridized carbons (Fsp3) is 0.400. The first-order valence-electron chi connectivity index (χ1n) is 4.81. The zero-order chi connectivity index (χ0) is 13.3. The van der Waals surface area contributed by atoms with E-state index in [1.165, 1.54) is 6.92 Å². The van der Waals surface area contributed by atoms with E-state index in [4.69, 9.17) is 5.73 Å². The first-order chi connectivity index (χ1) is 7.65. The van der Waals surface area contributed by atoms with Gasteiger partial charge in [-0.2, -0.15) is 13.2 Å². The second-order valence-corrected chi connectivity index (χ2v) is 5.94. The highest BCUT2D eigenvalue weighted by molar-refractivity contribution is 7.90. The molecule has 0 aliphatic carbocycles. The minimum atomic E-state index is -4.48. The number of alkyl halides is 3. The van der Waals surface area contributed by atoms with Crippen LogP contribution in [0.25, 0.3) is 0 Å². The molecule has 1 aromatic rings. The first-order valence-corrected chi connectivity index (χ1v) is 6.64. The number of sulfone groups is 1. The molecule has 0 fully saturated rings. The lowest BCUT2D eigenvalue weighted by molar-refractivity contribution is -0.137. The summed E-state index contributed by atoms with van der Waals surface area (Å²) in [7, 11) is -3.30. The number of halogens is 3. The van der Waals surface area contributed by atoms with Crippen LogP contribution < -0.4 is 5.73 Å². The second-order valence-electron chi connectivity index (χ2n) is 3.59. The van der Waals surface area contributed by atoms with Gasteiger partial charge in [0, 0.05) is 11.4 Å². The quantitative estimate of drug-likeness (QED) is 0.854. The normalized spacial score (nSPS) is 12.7. The molecule has 0 aliphatic heterocycles. The first kappa shape index (κ1) is 13.8. The Kier molecular flexibility index (Phi) is 3.71. The van der Waals surface area contributed by atoms with Crippen molar-refractivity contribution in [2.45, 2.75) is 18.9 Å². The molecule has 96 valence electrons. The molecule has 1 rings (SSSR count). The number of benzene rings is 1. The van der Waals surface area contributed by atoms with E-state index >= 15 is 0 Å². The highest BCUT2D eigenvalue weighted by Crippen LogP contribution is 2.31. The SMILES string of the molecule is CCS(=O)(=O)Cc1ccc(C(F)(F)F)cc1N. The summed E-state index contributed by atoms with van der Waals surface area (Å²) in [6, 6.07) is 2.68. The van der Waals surface area contributed by atoms with E-state index in [0.29, 0.717) is 0 Å². The Morgan fingerprint density at radius 3 is 2.29 bits per heavy atom. The van der Waals surface area contributed by atoms with Crippen molar-refractivity contribution in [2.24, 2.45) is 0 Å². The van der Waals surface area contributed by atoms with Crippen LogP contribution in [0.4, 0.5) is 18.9 Å². The maximum atomic E-state index is 12.3. The number of anilines is 1. The molecule has 0 amide bonds. The van der Waals surface area contributed by atoms with Crippen LogP contribution in [-0.4, -0.2) is 14.2 Å². The molecule has 2 N–H and O–H groups in total. The molecule has 0 bridgehead atoms. The van der Waals surface area contributed by atoms with Gasteiger partial charge in [-0.1, -0.05) is 13.0 Å². The van der Waals surface area contributed by atoms with Gasteiger partial charge in [0.15, 0.2) is 9.84 Å². The van der Waals surface area contributed by atoms with Crippen molar-refractivity contribution >= 4 is 15.5 Å². The molecule has 0 saturated carbocycles. The fourth-order valence-corrected chi connectivity index (χ4v) is 2.18. The fourth-order valence-electron chi connectivity index (χ4n) is 1.24. The van der Waals surface area contributed by atoms with E-state index < -0.39 is 21.6 Å². The molecule has 0 radical (unpaired) electrons. The van der Waals surface area contributed by atoms with Crippen LogP contribution >= 0.6 is 0 Å². The van der Waals surface area contributed by atoms with Gasteiger partial charge < -0.3 is 5.73 Å². The molecule has 0 heterocycles. The largest absolute Gasteiger partial charge is 0.416 e. The summed E-state index contributed by atoms with van der Waals surface area (Å²) >= 11 is 0. The van der Waals surface area contributed by atoms with Gasteiger partial charge in [-0.25, -0.2) is 8.42 Å². The molecule has 17 heavy (non-hydrogen) atoms. The molecule has 0 unspecified atom stereocenters. The van der Waals surface area contributed by atoms with E-state index in [2.05, 4.69) is 0 Å². The smallest absolute Gasteiger partial charge is 0.398 e.